The van der Waals surface area contributed by atoms with Gasteiger partial charge < -0.3 is 25.0 Å². The zero-order chi connectivity index (χ0) is 24.9. The summed E-state index contributed by atoms with van der Waals surface area (Å²) in [5.41, 5.74) is 2.65. The minimum absolute atomic E-state index is 0.0354. The van der Waals surface area contributed by atoms with Gasteiger partial charge in [0.2, 0.25) is 0 Å². The van der Waals surface area contributed by atoms with Crippen molar-refractivity contribution in [3.05, 3.63) is 65.2 Å². The molecule has 8 nitrogen and oxygen atoms in total. The molecule has 8 heteroatoms. The highest BCUT2D eigenvalue weighted by Crippen LogP contribution is 2.33. The van der Waals surface area contributed by atoms with Gasteiger partial charge in [-0.1, -0.05) is 24.3 Å². The number of phenolic OH excluding ortho intramolecular Hbond substituents is 1. The molecule has 2 aliphatic rings. The van der Waals surface area contributed by atoms with E-state index in [1.165, 1.54) is 0 Å². The van der Waals surface area contributed by atoms with Gasteiger partial charge >= 0.3 is 6.09 Å². The molecule has 0 saturated carbocycles. The summed E-state index contributed by atoms with van der Waals surface area (Å²) >= 11 is 0. The number of benzene rings is 2. The predicted octanol–water partition coefficient (Wildman–Crippen LogP) is 3.08. The van der Waals surface area contributed by atoms with Crippen molar-refractivity contribution in [1.29, 1.82) is 0 Å². The third kappa shape index (κ3) is 5.77. The van der Waals surface area contributed by atoms with E-state index in [0.29, 0.717) is 44.4 Å². The first-order valence-corrected chi connectivity index (χ1v) is 12.5. The lowest BCUT2D eigenvalue weighted by molar-refractivity contribution is 0.0570. The van der Waals surface area contributed by atoms with Crippen molar-refractivity contribution < 1.29 is 19.4 Å². The van der Waals surface area contributed by atoms with Crippen molar-refractivity contribution in [2.45, 2.75) is 38.9 Å². The van der Waals surface area contributed by atoms with E-state index in [4.69, 9.17) is 4.74 Å². The molecule has 188 valence electrons. The van der Waals surface area contributed by atoms with Crippen LogP contribution in [0.4, 0.5) is 4.79 Å². The van der Waals surface area contributed by atoms with E-state index in [-0.39, 0.29) is 29.8 Å². The number of hydrogen-bond acceptors (Lipinski definition) is 6. The number of carbonyl (C=O) groups excluding carboxylic acids is 2. The topological polar surface area (TPSA) is 85.3 Å². The van der Waals surface area contributed by atoms with Crippen molar-refractivity contribution in [3.8, 4) is 5.75 Å². The van der Waals surface area contributed by atoms with E-state index in [1.807, 2.05) is 36.4 Å². The number of ether oxygens (including phenoxy) is 1. The molecule has 2 heterocycles. The molecule has 3 atom stereocenters. The molecule has 2 saturated heterocycles. The van der Waals surface area contributed by atoms with Crippen LogP contribution in [-0.2, 0) is 4.74 Å². The smallest absolute Gasteiger partial charge is 0.409 e. The van der Waals surface area contributed by atoms with Crippen LogP contribution in [0.15, 0.2) is 48.5 Å². The first-order valence-electron chi connectivity index (χ1n) is 12.5. The molecular formula is C27H36N4O4. The van der Waals surface area contributed by atoms with Gasteiger partial charge in [0.05, 0.1) is 12.6 Å². The second-order valence-electron chi connectivity index (χ2n) is 9.46. The van der Waals surface area contributed by atoms with Crippen LogP contribution < -0.4 is 5.32 Å². The summed E-state index contributed by atoms with van der Waals surface area (Å²) in [6.45, 7) is 10.1. The first-order chi connectivity index (χ1) is 16.9. The molecule has 1 unspecified atom stereocenters. The molecule has 0 bridgehead atoms. The molecule has 4 rings (SSSR count). The third-order valence-corrected chi connectivity index (χ3v) is 6.87. The molecule has 2 aliphatic heterocycles. The van der Waals surface area contributed by atoms with Crippen LogP contribution in [0.5, 0.6) is 5.75 Å². The fourth-order valence-electron chi connectivity index (χ4n) is 5.01. The van der Waals surface area contributed by atoms with Gasteiger partial charge in [0.1, 0.15) is 5.75 Å². The maximum Gasteiger partial charge on any atom is 0.409 e. The maximum atomic E-state index is 13.4. The quantitative estimate of drug-likeness (QED) is 0.684. The van der Waals surface area contributed by atoms with Gasteiger partial charge in [-0.2, -0.15) is 0 Å². The molecule has 0 spiro atoms. The number of nitrogens with one attached hydrogen (secondary N) is 1. The van der Waals surface area contributed by atoms with Crippen molar-refractivity contribution in [2.24, 2.45) is 0 Å². The Morgan fingerprint density at radius 1 is 1.03 bits per heavy atom. The van der Waals surface area contributed by atoms with Gasteiger partial charge in [0, 0.05) is 56.9 Å². The van der Waals surface area contributed by atoms with Gasteiger partial charge in [-0.05, 0) is 56.2 Å². The lowest BCUT2D eigenvalue weighted by Gasteiger charge is -2.43. The van der Waals surface area contributed by atoms with Gasteiger partial charge in [-0.15, -0.1) is 0 Å². The second-order valence-corrected chi connectivity index (χ2v) is 9.46. The minimum atomic E-state index is -0.324. The standard InChI is InChI=1S/C27H36N4O4/c1-4-35-27(34)30-13-11-29(12-14-30)26(33)23-9-5-7-21(15-23)25(22-8-6-10-24(32)16-22)31-18-19(2)28-17-20(31)3/h5-10,15-16,19-20,25,28,32H,4,11-14,17-18H2,1-3H3/t19-,20-,25?/m1/s1. The Kier molecular flexibility index (Phi) is 7.93. The normalized spacial score (nSPS) is 22.0. The number of carbonyl (C=O) groups is 2. The van der Waals surface area contributed by atoms with E-state index in [2.05, 4.69) is 30.1 Å². The molecule has 0 aliphatic carbocycles. The fourth-order valence-corrected chi connectivity index (χ4v) is 5.01. The van der Waals surface area contributed by atoms with Crippen LogP contribution in [0.3, 0.4) is 0 Å². The number of aromatic hydroxyl groups is 1. The molecule has 2 amide bonds. The van der Waals surface area contributed by atoms with E-state index in [0.717, 1.165) is 24.2 Å². The van der Waals surface area contributed by atoms with Crippen LogP contribution >= 0.6 is 0 Å². The van der Waals surface area contributed by atoms with Gasteiger partial charge in [0.15, 0.2) is 0 Å². The highest BCUT2D eigenvalue weighted by Gasteiger charge is 2.32. The minimum Gasteiger partial charge on any atom is -0.508 e. The molecule has 0 radical (unpaired) electrons. The van der Waals surface area contributed by atoms with Crippen LogP contribution in [-0.4, -0.2) is 89.8 Å². The Labute approximate surface area is 207 Å². The van der Waals surface area contributed by atoms with Gasteiger partial charge in [-0.3, -0.25) is 9.69 Å². The zero-order valence-corrected chi connectivity index (χ0v) is 20.8. The summed E-state index contributed by atoms with van der Waals surface area (Å²) in [7, 11) is 0. The molecule has 2 aromatic rings. The molecule has 2 aromatic carbocycles. The Morgan fingerprint density at radius 2 is 1.69 bits per heavy atom. The number of amides is 2. The van der Waals surface area contributed by atoms with Crippen molar-refractivity contribution >= 4 is 12.0 Å². The second kappa shape index (κ2) is 11.1. The molecule has 0 aromatic heterocycles. The predicted molar refractivity (Wildman–Crippen MR) is 135 cm³/mol. The molecule has 35 heavy (non-hydrogen) atoms. The average molecular weight is 481 g/mol. The van der Waals surface area contributed by atoms with Crippen LogP contribution in [0.1, 0.15) is 48.3 Å². The number of phenols is 1. The average Bonchev–Trinajstić information content (AvgIpc) is 2.86. The lowest BCUT2D eigenvalue weighted by Crippen LogP contribution is -2.55. The van der Waals surface area contributed by atoms with Crippen LogP contribution in [0, 0.1) is 0 Å². The highest BCUT2D eigenvalue weighted by molar-refractivity contribution is 5.94. The van der Waals surface area contributed by atoms with Crippen molar-refractivity contribution in [1.82, 2.24) is 20.0 Å². The third-order valence-electron chi connectivity index (χ3n) is 6.87. The number of nitrogens with zero attached hydrogens (tertiary/aromatic N) is 3. The Morgan fingerprint density at radius 3 is 2.37 bits per heavy atom. The summed E-state index contributed by atoms with van der Waals surface area (Å²) in [5, 5.41) is 13.7. The molecular weight excluding hydrogens is 444 g/mol. The number of rotatable bonds is 5. The van der Waals surface area contributed by atoms with E-state index < -0.39 is 0 Å². The number of hydrogen-bond donors (Lipinski definition) is 2. The summed E-state index contributed by atoms with van der Waals surface area (Å²) in [6.07, 6.45) is -0.324. The molecule has 2 N–H and O–H groups in total. The molecule has 2 fully saturated rings. The summed E-state index contributed by atoms with van der Waals surface area (Å²) < 4.78 is 5.08. The van der Waals surface area contributed by atoms with Crippen LogP contribution in [0.25, 0.3) is 0 Å². The maximum absolute atomic E-state index is 13.4. The zero-order valence-electron chi connectivity index (χ0n) is 20.8. The monoisotopic (exact) mass is 480 g/mol. The van der Waals surface area contributed by atoms with Gasteiger partial charge in [0.25, 0.3) is 5.91 Å². The number of piperazine rings is 2. The largest absolute Gasteiger partial charge is 0.508 e. The van der Waals surface area contributed by atoms with E-state index >= 15 is 0 Å². The summed E-state index contributed by atoms with van der Waals surface area (Å²) in [6, 6.07) is 15.8. The van der Waals surface area contributed by atoms with Gasteiger partial charge in [-0.25, -0.2) is 4.79 Å². The first kappa shape index (κ1) is 25.0. The van der Waals surface area contributed by atoms with Crippen molar-refractivity contribution in [2.75, 3.05) is 45.9 Å². The summed E-state index contributed by atoms with van der Waals surface area (Å²) in [5.74, 6) is 0.196. The highest BCUT2D eigenvalue weighted by atomic mass is 16.6. The SMILES string of the molecule is CCOC(=O)N1CCN(C(=O)c2cccc(C(c3cccc(O)c3)N3C[C@@H](C)NC[C@H]3C)c2)CC1. The van der Waals surface area contributed by atoms with Crippen molar-refractivity contribution in [3.63, 3.8) is 0 Å². The Bertz CT molecular complexity index is 1040. The lowest BCUT2D eigenvalue weighted by atomic mass is 9.92. The van der Waals surface area contributed by atoms with Crippen LogP contribution in [0.2, 0.25) is 0 Å². The Hall–Kier alpha value is -3.10. The van der Waals surface area contributed by atoms with E-state index in [1.54, 1.807) is 22.8 Å². The fraction of sp³-hybridized carbons (Fsp3) is 0.481. The van der Waals surface area contributed by atoms with E-state index in [9.17, 15) is 14.7 Å². The summed E-state index contributed by atoms with van der Waals surface area (Å²) in [4.78, 5) is 31.3. The Balaban J connectivity index is 1.58.